The lowest BCUT2D eigenvalue weighted by molar-refractivity contribution is -0.122. The zero-order valence-corrected chi connectivity index (χ0v) is 16.9. The van der Waals surface area contributed by atoms with Gasteiger partial charge in [0.15, 0.2) is 0 Å². The Hall–Kier alpha value is -3.02. The summed E-state index contributed by atoms with van der Waals surface area (Å²) in [5.41, 5.74) is 3.55. The number of anilines is 4. The van der Waals surface area contributed by atoms with Crippen LogP contribution < -0.4 is 20.4 Å². The number of rotatable bonds is 4. The van der Waals surface area contributed by atoms with Gasteiger partial charge < -0.3 is 15.5 Å². The summed E-state index contributed by atoms with van der Waals surface area (Å²) < 4.78 is 0. The van der Waals surface area contributed by atoms with E-state index in [4.69, 9.17) is 0 Å². The van der Waals surface area contributed by atoms with Crippen LogP contribution in [-0.2, 0) is 9.59 Å². The molecule has 0 aromatic heterocycles. The Balaban J connectivity index is 1.43. The maximum Gasteiger partial charge on any atom is 0.249 e. The SMILES string of the molecule is C[C@H](Nc1ccc(N2CCCCCC2)cc1)C(=O)N1CC(=O)Nc2ccccc21. The van der Waals surface area contributed by atoms with Gasteiger partial charge in [-0.25, -0.2) is 0 Å². The maximum atomic E-state index is 13.0. The Morgan fingerprint density at radius 3 is 2.41 bits per heavy atom. The molecule has 1 fully saturated rings. The van der Waals surface area contributed by atoms with Crippen molar-refractivity contribution in [2.75, 3.05) is 40.1 Å². The molecule has 2 heterocycles. The van der Waals surface area contributed by atoms with Crippen LogP contribution in [0.4, 0.5) is 22.7 Å². The van der Waals surface area contributed by atoms with Gasteiger partial charge in [0.2, 0.25) is 11.8 Å². The molecule has 0 aliphatic carbocycles. The van der Waals surface area contributed by atoms with Crippen LogP contribution in [0.1, 0.15) is 32.6 Å². The molecule has 0 bridgehead atoms. The molecule has 6 nitrogen and oxygen atoms in total. The summed E-state index contributed by atoms with van der Waals surface area (Å²) in [4.78, 5) is 29.0. The van der Waals surface area contributed by atoms with Crippen LogP contribution in [0.15, 0.2) is 48.5 Å². The second kappa shape index (κ2) is 8.55. The third-order valence-electron chi connectivity index (χ3n) is 5.63. The van der Waals surface area contributed by atoms with Gasteiger partial charge in [-0.1, -0.05) is 25.0 Å². The summed E-state index contributed by atoms with van der Waals surface area (Å²) >= 11 is 0. The number of amides is 2. The average Bonchev–Trinajstić information content (AvgIpc) is 3.02. The number of fused-ring (bicyclic) bond motifs is 1. The molecule has 0 radical (unpaired) electrons. The maximum absolute atomic E-state index is 13.0. The molecule has 6 heteroatoms. The van der Waals surface area contributed by atoms with Gasteiger partial charge in [0, 0.05) is 24.5 Å². The van der Waals surface area contributed by atoms with Crippen molar-refractivity contribution >= 4 is 34.6 Å². The molecule has 0 unspecified atom stereocenters. The summed E-state index contributed by atoms with van der Waals surface area (Å²) in [5, 5.41) is 6.10. The van der Waals surface area contributed by atoms with Crippen LogP contribution in [-0.4, -0.2) is 37.5 Å². The normalized spacial score (nSPS) is 17.8. The van der Waals surface area contributed by atoms with Crippen molar-refractivity contribution in [3.05, 3.63) is 48.5 Å². The lowest BCUT2D eigenvalue weighted by Gasteiger charge is -2.31. The van der Waals surface area contributed by atoms with Gasteiger partial charge in [0.1, 0.15) is 12.6 Å². The average molecular weight is 393 g/mol. The highest BCUT2D eigenvalue weighted by Crippen LogP contribution is 2.29. The third-order valence-corrected chi connectivity index (χ3v) is 5.63. The number of hydrogen-bond donors (Lipinski definition) is 2. The molecule has 2 amide bonds. The van der Waals surface area contributed by atoms with Crippen LogP contribution in [0.25, 0.3) is 0 Å². The summed E-state index contributed by atoms with van der Waals surface area (Å²) in [6.07, 6.45) is 5.12. The van der Waals surface area contributed by atoms with E-state index in [1.165, 1.54) is 31.4 Å². The van der Waals surface area contributed by atoms with E-state index < -0.39 is 6.04 Å². The van der Waals surface area contributed by atoms with Crippen LogP contribution in [0.5, 0.6) is 0 Å². The predicted molar refractivity (Wildman–Crippen MR) is 118 cm³/mol. The fourth-order valence-corrected chi connectivity index (χ4v) is 4.07. The third kappa shape index (κ3) is 4.36. The fraction of sp³-hybridized carbons (Fsp3) is 0.391. The van der Waals surface area contributed by atoms with E-state index in [1.807, 2.05) is 43.3 Å². The lowest BCUT2D eigenvalue weighted by atomic mass is 10.1. The van der Waals surface area contributed by atoms with E-state index in [2.05, 4.69) is 27.7 Å². The Bertz CT molecular complexity index is 873. The molecule has 1 atom stereocenters. The Morgan fingerprint density at radius 1 is 1.00 bits per heavy atom. The zero-order valence-electron chi connectivity index (χ0n) is 16.9. The van der Waals surface area contributed by atoms with Gasteiger partial charge in [-0.05, 0) is 56.2 Å². The minimum absolute atomic E-state index is 0.0375. The molecular formula is C23H28N4O2. The number of para-hydroxylation sites is 2. The number of carbonyl (C=O) groups is 2. The van der Waals surface area contributed by atoms with Crippen molar-refractivity contribution < 1.29 is 9.59 Å². The zero-order chi connectivity index (χ0) is 20.2. The number of benzene rings is 2. The number of hydrogen-bond acceptors (Lipinski definition) is 4. The summed E-state index contributed by atoms with van der Waals surface area (Å²) in [7, 11) is 0. The van der Waals surface area contributed by atoms with E-state index in [-0.39, 0.29) is 18.4 Å². The molecule has 0 saturated carbocycles. The highest BCUT2D eigenvalue weighted by Gasteiger charge is 2.29. The van der Waals surface area contributed by atoms with Gasteiger partial charge in [-0.3, -0.25) is 14.5 Å². The van der Waals surface area contributed by atoms with E-state index >= 15 is 0 Å². The number of nitrogens with one attached hydrogen (secondary N) is 2. The summed E-state index contributed by atoms with van der Waals surface area (Å²) in [6, 6.07) is 15.2. The molecule has 2 aromatic carbocycles. The topological polar surface area (TPSA) is 64.7 Å². The second-order valence-electron chi connectivity index (χ2n) is 7.80. The Morgan fingerprint density at radius 2 is 1.69 bits per heavy atom. The standard InChI is InChI=1S/C23H28N4O2/c1-17(23(29)27-16-22(28)25-20-8-4-5-9-21(20)27)24-18-10-12-19(13-11-18)26-14-6-2-3-7-15-26/h4-5,8-13,17,24H,2-3,6-7,14-16H2,1H3,(H,25,28)/t17-/m0/s1. The first-order valence-electron chi connectivity index (χ1n) is 10.4. The fourth-order valence-electron chi connectivity index (χ4n) is 4.07. The van der Waals surface area contributed by atoms with Crippen molar-refractivity contribution in [2.24, 2.45) is 0 Å². The van der Waals surface area contributed by atoms with Crippen molar-refractivity contribution in [3.8, 4) is 0 Å². The molecule has 1 saturated heterocycles. The van der Waals surface area contributed by atoms with Gasteiger partial charge in [0.05, 0.1) is 11.4 Å². The van der Waals surface area contributed by atoms with Crippen LogP contribution in [0.3, 0.4) is 0 Å². The van der Waals surface area contributed by atoms with Crippen molar-refractivity contribution in [1.29, 1.82) is 0 Å². The van der Waals surface area contributed by atoms with Crippen molar-refractivity contribution in [2.45, 2.75) is 38.6 Å². The molecule has 2 aliphatic heterocycles. The first-order chi connectivity index (χ1) is 14.1. The quantitative estimate of drug-likeness (QED) is 0.829. The highest BCUT2D eigenvalue weighted by atomic mass is 16.2. The molecule has 2 N–H and O–H groups in total. The van der Waals surface area contributed by atoms with Gasteiger partial charge in [-0.2, -0.15) is 0 Å². The molecule has 2 aliphatic rings. The molecule has 2 aromatic rings. The molecule has 152 valence electrons. The Labute approximate surface area is 171 Å². The smallest absolute Gasteiger partial charge is 0.249 e. The van der Waals surface area contributed by atoms with Crippen LogP contribution in [0, 0.1) is 0 Å². The molecule has 29 heavy (non-hydrogen) atoms. The molecule has 4 rings (SSSR count). The first-order valence-corrected chi connectivity index (χ1v) is 10.4. The van der Waals surface area contributed by atoms with E-state index in [1.54, 1.807) is 4.90 Å². The van der Waals surface area contributed by atoms with E-state index in [0.717, 1.165) is 24.5 Å². The largest absolute Gasteiger partial charge is 0.374 e. The minimum atomic E-state index is -0.446. The Kier molecular flexibility index (Phi) is 5.69. The van der Waals surface area contributed by atoms with E-state index in [0.29, 0.717) is 5.69 Å². The van der Waals surface area contributed by atoms with Gasteiger partial charge >= 0.3 is 0 Å². The van der Waals surface area contributed by atoms with Crippen molar-refractivity contribution in [3.63, 3.8) is 0 Å². The lowest BCUT2D eigenvalue weighted by Crippen LogP contribution is -2.47. The number of carbonyl (C=O) groups excluding carboxylic acids is 2. The first kappa shape index (κ1) is 19.3. The van der Waals surface area contributed by atoms with Crippen LogP contribution >= 0.6 is 0 Å². The minimum Gasteiger partial charge on any atom is -0.374 e. The van der Waals surface area contributed by atoms with Gasteiger partial charge in [-0.15, -0.1) is 0 Å². The molecular weight excluding hydrogens is 364 g/mol. The highest BCUT2D eigenvalue weighted by molar-refractivity contribution is 6.11. The monoisotopic (exact) mass is 392 g/mol. The van der Waals surface area contributed by atoms with Gasteiger partial charge in [0.25, 0.3) is 0 Å². The summed E-state index contributed by atoms with van der Waals surface area (Å²) in [5.74, 6) is -0.296. The molecule has 0 spiro atoms. The van der Waals surface area contributed by atoms with E-state index in [9.17, 15) is 9.59 Å². The summed E-state index contributed by atoms with van der Waals surface area (Å²) in [6.45, 7) is 4.09. The van der Waals surface area contributed by atoms with Crippen LogP contribution in [0.2, 0.25) is 0 Å². The predicted octanol–water partition coefficient (Wildman–Crippen LogP) is 3.85. The second-order valence-corrected chi connectivity index (χ2v) is 7.80. The number of nitrogens with zero attached hydrogens (tertiary/aromatic N) is 2. The van der Waals surface area contributed by atoms with Crippen molar-refractivity contribution in [1.82, 2.24) is 0 Å².